The third-order valence-corrected chi connectivity index (χ3v) is 2.91. The standard InChI is InChI=1S/C12H24N2O3/c1-12(2)11(15)14(6-5-13-12)7-10-17-9-4-8-16-3/h13H,4-10H2,1-3H3. The van der Waals surface area contributed by atoms with Crippen LogP contribution in [-0.2, 0) is 14.3 Å². The highest BCUT2D eigenvalue weighted by molar-refractivity contribution is 5.86. The van der Waals surface area contributed by atoms with Crippen LogP contribution in [0.25, 0.3) is 0 Å². The first-order chi connectivity index (χ1) is 8.08. The molecule has 1 aliphatic heterocycles. The molecule has 1 N–H and O–H groups in total. The summed E-state index contributed by atoms with van der Waals surface area (Å²) < 4.78 is 10.4. The van der Waals surface area contributed by atoms with Gasteiger partial charge in [-0.15, -0.1) is 0 Å². The van der Waals surface area contributed by atoms with Crippen LogP contribution < -0.4 is 5.32 Å². The number of hydrogen-bond donors (Lipinski definition) is 1. The van der Waals surface area contributed by atoms with Crippen molar-refractivity contribution < 1.29 is 14.3 Å². The molecule has 17 heavy (non-hydrogen) atoms. The third kappa shape index (κ3) is 4.61. The lowest BCUT2D eigenvalue weighted by molar-refractivity contribution is -0.140. The van der Waals surface area contributed by atoms with Crippen molar-refractivity contribution in [3.8, 4) is 0 Å². The Labute approximate surface area is 103 Å². The molecule has 1 amide bonds. The van der Waals surface area contributed by atoms with E-state index >= 15 is 0 Å². The zero-order chi connectivity index (χ0) is 12.7. The zero-order valence-corrected chi connectivity index (χ0v) is 11.1. The van der Waals surface area contributed by atoms with Crippen LogP contribution in [0.1, 0.15) is 20.3 Å². The lowest BCUT2D eigenvalue weighted by Gasteiger charge is -2.38. The van der Waals surface area contributed by atoms with Gasteiger partial charge in [-0.1, -0.05) is 0 Å². The van der Waals surface area contributed by atoms with Crippen molar-refractivity contribution in [3.63, 3.8) is 0 Å². The molecule has 0 bridgehead atoms. The highest BCUT2D eigenvalue weighted by Crippen LogP contribution is 2.11. The van der Waals surface area contributed by atoms with Gasteiger partial charge in [-0.2, -0.15) is 0 Å². The number of ether oxygens (including phenoxy) is 2. The van der Waals surface area contributed by atoms with Crippen molar-refractivity contribution in [2.24, 2.45) is 0 Å². The Balaban J connectivity index is 2.16. The maximum Gasteiger partial charge on any atom is 0.242 e. The lowest BCUT2D eigenvalue weighted by atomic mass is 10.0. The normalized spacial score (nSPS) is 19.7. The Morgan fingerprint density at radius 2 is 2.12 bits per heavy atom. The first-order valence-electron chi connectivity index (χ1n) is 6.19. The Morgan fingerprint density at radius 3 is 2.82 bits per heavy atom. The van der Waals surface area contributed by atoms with E-state index in [0.29, 0.717) is 19.8 Å². The summed E-state index contributed by atoms with van der Waals surface area (Å²) in [5.41, 5.74) is -0.436. The number of carbonyl (C=O) groups is 1. The molecule has 1 fully saturated rings. The topological polar surface area (TPSA) is 50.8 Å². The molecule has 0 aromatic heterocycles. The molecule has 1 saturated heterocycles. The Bertz CT molecular complexity index is 244. The third-order valence-electron chi connectivity index (χ3n) is 2.91. The minimum atomic E-state index is -0.436. The predicted molar refractivity (Wildman–Crippen MR) is 66.0 cm³/mol. The molecule has 1 rings (SSSR count). The number of amides is 1. The SMILES string of the molecule is COCCCOCCN1CCNC(C)(C)C1=O. The number of nitrogens with zero attached hydrogens (tertiary/aromatic N) is 1. The van der Waals surface area contributed by atoms with Gasteiger partial charge in [0.2, 0.25) is 5.91 Å². The molecule has 5 nitrogen and oxygen atoms in total. The molecule has 0 spiro atoms. The van der Waals surface area contributed by atoms with Crippen LogP contribution in [0.4, 0.5) is 0 Å². The van der Waals surface area contributed by atoms with Crippen molar-refractivity contribution in [3.05, 3.63) is 0 Å². The van der Waals surface area contributed by atoms with Crippen molar-refractivity contribution in [2.75, 3.05) is 46.6 Å². The van der Waals surface area contributed by atoms with Crippen LogP contribution >= 0.6 is 0 Å². The van der Waals surface area contributed by atoms with E-state index in [1.807, 2.05) is 18.7 Å². The fraction of sp³-hybridized carbons (Fsp3) is 0.917. The van der Waals surface area contributed by atoms with E-state index in [9.17, 15) is 4.79 Å². The molecular formula is C12H24N2O3. The van der Waals surface area contributed by atoms with Crippen molar-refractivity contribution in [1.29, 1.82) is 0 Å². The molecule has 0 atom stereocenters. The summed E-state index contributed by atoms with van der Waals surface area (Å²) in [5, 5.41) is 3.21. The van der Waals surface area contributed by atoms with Crippen LogP contribution in [0.5, 0.6) is 0 Å². The van der Waals surface area contributed by atoms with Crippen molar-refractivity contribution in [2.45, 2.75) is 25.8 Å². The highest BCUT2D eigenvalue weighted by Gasteiger charge is 2.34. The smallest absolute Gasteiger partial charge is 0.242 e. The zero-order valence-electron chi connectivity index (χ0n) is 11.1. The summed E-state index contributed by atoms with van der Waals surface area (Å²) in [6.45, 7) is 8.15. The van der Waals surface area contributed by atoms with Gasteiger partial charge >= 0.3 is 0 Å². The number of rotatable bonds is 7. The van der Waals surface area contributed by atoms with Gasteiger partial charge in [0.05, 0.1) is 12.1 Å². The molecule has 1 aliphatic rings. The fourth-order valence-corrected chi connectivity index (χ4v) is 1.87. The second kappa shape index (κ2) is 6.93. The van der Waals surface area contributed by atoms with E-state index in [1.165, 1.54) is 0 Å². The summed E-state index contributed by atoms with van der Waals surface area (Å²) in [5.74, 6) is 0.157. The second-order valence-electron chi connectivity index (χ2n) is 4.80. The summed E-state index contributed by atoms with van der Waals surface area (Å²) in [4.78, 5) is 13.9. The molecular weight excluding hydrogens is 220 g/mol. The highest BCUT2D eigenvalue weighted by atomic mass is 16.5. The van der Waals surface area contributed by atoms with Gasteiger partial charge in [-0.3, -0.25) is 4.79 Å². The van der Waals surface area contributed by atoms with Gasteiger partial charge in [0.25, 0.3) is 0 Å². The van der Waals surface area contributed by atoms with E-state index in [4.69, 9.17) is 9.47 Å². The average Bonchev–Trinajstić information content (AvgIpc) is 2.29. The van der Waals surface area contributed by atoms with E-state index in [1.54, 1.807) is 7.11 Å². The summed E-state index contributed by atoms with van der Waals surface area (Å²) in [6, 6.07) is 0. The maximum absolute atomic E-state index is 12.0. The van der Waals surface area contributed by atoms with Gasteiger partial charge in [0.15, 0.2) is 0 Å². The van der Waals surface area contributed by atoms with Crippen LogP contribution in [0.3, 0.4) is 0 Å². The van der Waals surface area contributed by atoms with Crippen LogP contribution in [0, 0.1) is 0 Å². The molecule has 0 radical (unpaired) electrons. The quantitative estimate of drug-likeness (QED) is 0.652. The van der Waals surface area contributed by atoms with Gasteiger partial charge in [-0.05, 0) is 20.3 Å². The summed E-state index contributed by atoms with van der Waals surface area (Å²) in [6.07, 6.45) is 0.900. The molecule has 0 aromatic rings. The number of methoxy groups -OCH3 is 1. The largest absolute Gasteiger partial charge is 0.385 e. The van der Waals surface area contributed by atoms with E-state index < -0.39 is 5.54 Å². The molecule has 5 heteroatoms. The number of piperazine rings is 1. The van der Waals surface area contributed by atoms with Gasteiger partial charge in [0, 0.05) is 40.0 Å². The monoisotopic (exact) mass is 244 g/mol. The molecule has 0 saturated carbocycles. The molecule has 0 aromatic carbocycles. The first kappa shape index (κ1) is 14.4. The minimum absolute atomic E-state index is 0.157. The first-order valence-corrected chi connectivity index (χ1v) is 6.19. The van der Waals surface area contributed by atoms with E-state index in [-0.39, 0.29) is 5.91 Å². The second-order valence-corrected chi connectivity index (χ2v) is 4.80. The maximum atomic E-state index is 12.0. The Hall–Kier alpha value is -0.650. The van der Waals surface area contributed by atoms with Crippen LogP contribution in [0.15, 0.2) is 0 Å². The molecule has 0 aliphatic carbocycles. The summed E-state index contributed by atoms with van der Waals surface area (Å²) >= 11 is 0. The molecule has 1 heterocycles. The number of nitrogens with one attached hydrogen (secondary N) is 1. The van der Waals surface area contributed by atoms with E-state index in [2.05, 4.69) is 5.32 Å². The van der Waals surface area contributed by atoms with Crippen LogP contribution in [0.2, 0.25) is 0 Å². The van der Waals surface area contributed by atoms with Crippen molar-refractivity contribution in [1.82, 2.24) is 10.2 Å². The van der Waals surface area contributed by atoms with Crippen molar-refractivity contribution >= 4 is 5.91 Å². The van der Waals surface area contributed by atoms with Gasteiger partial charge in [0.1, 0.15) is 0 Å². The molecule has 0 unspecified atom stereocenters. The van der Waals surface area contributed by atoms with Crippen LogP contribution in [-0.4, -0.2) is 62.9 Å². The number of carbonyl (C=O) groups excluding carboxylic acids is 1. The minimum Gasteiger partial charge on any atom is -0.385 e. The Morgan fingerprint density at radius 1 is 1.35 bits per heavy atom. The fourth-order valence-electron chi connectivity index (χ4n) is 1.87. The summed E-state index contributed by atoms with van der Waals surface area (Å²) in [7, 11) is 1.68. The number of hydrogen-bond acceptors (Lipinski definition) is 4. The van der Waals surface area contributed by atoms with Gasteiger partial charge < -0.3 is 19.7 Å². The lowest BCUT2D eigenvalue weighted by Crippen LogP contribution is -2.61. The van der Waals surface area contributed by atoms with E-state index in [0.717, 1.165) is 26.1 Å². The Kier molecular flexibility index (Phi) is 5.88. The molecule has 100 valence electrons. The predicted octanol–water partition coefficient (Wildman–Crippen LogP) is 0.250. The van der Waals surface area contributed by atoms with Gasteiger partial charge in [-0.25, -0.2) is 0 Å². The average molecular weight is 244 g/mol.